The molecule has 68 valence electrons. The van der Waals surface area contributed by atoms with Crippen molar-refractivity contribution >= 4 is 23.2 Å². The van der Waals surface area contributed by atoms with Crippen molar-refractivity contribution < 1.29 is 9.53 Å². The van der Waals surface area contributed by atoms with E-state index in [-0.39, 0.29) is 5.91 Å². The fourth-order valence-electron chi connectivity index (χ4n) is 1.07. The van der Waals surface area contributed by atoms with Crippen LogP contribution in [0.1, 0.15) is 6.92 Å². The van der Waals surface area contributed by atoms with Crippen molar-refractivity contribution in [3.8, 4) is 5.88 Å². The maximum atomic E-state index is 11.2. The van der Waals surface area contributed by atoms with Crippen LogP contribution in [0.2, 0.25) is 5.02 Å². The number of aromatic nitrogens is 1. The van der Waals surface area contributed by atoms with Crippen LogP contribution in [0.15, 0.2) is 12.3 Å². The van der Waals surface area contributed by atoms with Crippen LogP contribution in [0.4, 0.5) is 5.69 Å². The summed E-state index contributed by atoms with van der Waals surface area (Å²) >= 11 is 5.69. The Labute approximate surface area is 79.9 Å². The molecule has 0 saturated carbocycles. The summed E-state index contributed by atoms with van der Waals surface area (Å²) in [5.41, 5.74) is 0.524. The minimum atomic E-state index is -0.499. The minimum absolute atomic E-state index is 0.184. The van der Waals surface area contributed by atoms with E-state index in [0.29, 0.717) is 16.6 Å². The molecule has 0 saturated heterocycles. The number of ether oxygens (including phenoxy) is 1. The summed E-state index contributed by atoms with van der Waals surface area (Å²) in [6, 6.07) is 1.60. The Morgan fingerprint density at radius 1 is 1.69 bits per heavy atom. The number of pyridine rings is 1. The van der Waals surface area contributed by atoms with Gasteiger partial charge in [0.25, 0.3) is 5.91 Å². The molecule has 0 aliphatic carbocycles. The Kier molecular flexibility index (Phi) is 1.84. The Balaban J connectivity index is 2.42. The van der Waals surface area contributed by atoms with Gasteiger partial charge in [0, 0.05) is 6.20 Å². The quantitative estimate of drug-likeness (QED) is 0.687. The van der Waals surface area contributed by atoms with E-state index in [2.05, 4.69) is 10.3 Å². The van der Waals surface area contributed by atoms with Gasteiger partial charge < -0.3 is 10.1 Å². The Morgan fingerprint density at radius 2 is 2.46 bits per heavy atom. The zero-order valence-corrected chi connectivity index (χ0v) is 7.63. The summed E-state index contributed by atoms with van der Waals surface area (Å²) in [6.45, 7) is 1.66. The molecule has 1 aliphatic rings. The number of amides is 1. The van der Waals surface area contributed by atoms with Crippen molar-refractivity contribution in [1.29, 1.82) is 0 Å². The zero-order valence-electron chi connectivity index (χ0n) is 6.87. The highest BCUT2D eigenvalue weighted by molar-refractivity contribution is 6.30. The molecule has 0 radical (unpaired) electrons. The molecule has 2 rings (SSSR count). The van der Waals surface area contributed by atoms with Gasteiger partial charge >= 0.3 is 0 Å². The first-order valence-corrected chi connectivity index (χ1v) is 4.17. The van der Waals surface area contributed by atoms with E-state index in [9.17, 15) is 4.79 Å². The highest BCUT2D eigenvalue weighted by Crippen LogP contribution is 2.28. The Hall–Kier alpha value is -1.29. The van der Waals surface area contributed by atoms with Crippen LogP contribution in [0.5, 0.6) is 5.88 Å². The lowest BCUT2D eigenvalue weighted by Gasteiger charge is -2.21. The number of anilines is 1. The predicted molar refractivity (Wildman–Crippen MR) is 48.0 cm³/mol. The summed E-state index contributed by atoms with van der Waals surface area (Å²) in [4.78, 5) is 15.1. The molecule has 1 atom stereocenters. The van der Waals surface area contributed by atoms with Crippen LogP contribution < -0.4 is 10.1 Å². The number of carbonyl (C=O) groups excluding carboxylic acids is 1. The van der Waals surface area contributed by atoms with Crippen molar-refractivity contribution in [3.05, 3.63) is 17.3 Å². The average molecular weight is 199 g/mol. The first kappa shape index (κ1) is 8.31. The normalized spacial score (nSPS) is 20.2. The van der Waals surface area contributed by atoms with Crippen molar-refractivity contribution in [2.75, 3.05) is 5.32 Å². The number of hydrogen-bond donors (Lipinski definition) is 1. The molecular weight excluding hydrogens is 192 g/mol. The second-order valence-corrected chi connectivity index (χ2v) is 3.19. The molecule has 1 N–H and O–H groups in total. The number of nitrogens with zero attached hydrogens (tertiary/aromatic N) is 1. The van der Waals surface area contributed by atoms with Crippen molar-refractivity contribution in [1.82, 2.24) is 4.98 Å². The van der Waals surface area contributed by atoms with Crippen LogP contribution in [0, 0.1) is 0 Å². The van der Waals surface area contributed by atoms with Crippen molar-refractivity contribution in [2.45, 2.75) is 13.0 Å². The van der Waals surface area contributed by atoms with E-state index < -0.39 is 6.10 Å². The minimum Gasteiger partial charge on any atom is -0.463 e. The zero-order chi connectivity index (χ0) is 9.42. The summed E-state index contributed by atoms with van der Waals surface area (Å²) in [6.07, 6.45) is 0.978. The van der Waals surface area contributed by atoms with E-state index in [4.69, 9.17) is 16.3 Å². The van der Waals surface area contributed by atoms with Gasteiger partial charge in [-0.1, -0.05) is 11.6 Å². The lowest BCUT2D eigenvalue weighted by molar-refractivity contribution is -0.122. The molecule has 1 amide bonds. The molecule has 0 fully saturated rings. The first-order valence-electron chi connectivity index (χ1n) is 3.80. The van der Waals surface area contributed by atoms with Crippen molar-refractivity contribution in [2.24, 2.45) is 0 Å². The molecule has 1 aromatic heterocycles. The second-order valence-electron chi connectivity index (χ2n) is 2.76. The fraction of sp³-hybridized carbons (Fsp3) is 0.250. The lowest BCUT2D eigenvalue weighted by Crippen LogP contribution is -2.34. The molecule has 4 nitrogen and oxygen atoms in total. The monoisotopic (exact) mass is 198 g/mol. The molecule has 1 unspecified atom stereocenters. The molecule has 13 heavy (non-hydrogen) atoms. The third-order valence-electron chi connectivity index (χ3n) is 1.73. The largest absolute Gasteiger partial charge is 0.463 e. The van der Waals surface area contributed by atoms with Crippen LogP contribution in [-0.4, -0.2) is 17.0 Å². The van der Waals surface area contributed by atoms with Gasteiger partial charge in [0.05, 0.1) is 5.02 Å². The maximum absolute atomic E-state index is 11.2. The number of fused-ring (bicyclic) bond motifs is 1. The third-order valence-corrected chi connectivity index (χ3v) is 1.94. The number of rotatable bonds is 0. The van der Waals surface area contributed by atoms with Gasteiger partial charge in [0.15, 0.2) is 6.10 Å². The Bertz CT molecular complexity index is 367. The molecule has 0 aromatic carbocycles. The van der Waals surface area contributed by atoms with E-state index in [1.165, 1.54) is 6.20 Å². The molecule has 1 aliphatic heterocycles. The van der Waals surface area contributed by atoms with Gasteiger partial charge in [-0.15, -0.1) is 0 Å². The van der Waals surface area contributed by atoms with Gasteiger partial charge in [-0.05, 0) is 13.0 Å². The van der Waals surface area contributed by atoms with Gasteiger partial charge in [-0.2, -0.15) is 0 Å². The van der Waals surface area contributed by atoms with E-state index in [1.807, 2.05) is 0 Å². The van der Waals surface area contributed by atoms with E-state index in [0.717, 1.165) is 0 Å². The van der Waals surface area contributed by atoms with E-state index >= 15 is 0 Å². The smallest absolute Gasteiger partial charge is 0.265 e. The summed E-state index contributed by atoms with van der Waals surface area (Å²) < 4.78 is 5.22. The van der Waals surface area contributed by atoms with Crippen molar-refractivity contribution in [3.63, 3.8) is 0 Å². The number of hydrogen-bond acceptors (Lipinski definition) is 3. The molecule has 0 bridgehead atoms. The average Bonchev–Trinajstić information content (AvgIpc) is 2.08. The number of carbonyl (C=O) groups is 1. The first-order chi connectivity index (χ1) is 6.16. The van der Waals surface area contributed by atoms with E-state index in [1.54, 1.807) is 13.0 Å². The van der Waals surface area contributed by atoms with Gasteiger partial charge in [0.2, 0.25) is 5.88 Å². The molecule has 2 heterocycles. The molecule has 0 spiro atoms. The molecular formula is C8H7ClN2O2. The van der Waals surface area contributed by atoms with Gasteiger partial charge in [0.1, 0.15) is 5.69 Å². The lowest BCUT2D eigenvalue weighted by atomic mass is 10.3. The third kappa shape index (κ3) is 1.45. The maximum Gasteiger partial charge on any atom is 0.265 e. The summed E-state index contributed by atoms with van der Waals surface area (Å²) in [7, 11) is 0. The second kappa shape index (κ2) is 2.88. The fourth-order valence-corrected chi connectivity index (χ4v) is 1.22. The molecule has 5 heteroatoms. The van der Waals surface area contributed by atoms with Crippen LogP contribution >= 0.6 is 11.6 Å². The van der Waals surface area contributed by atoms with Crippen LogP contribution in [0.3, 0.4) is 0 Å². The Morgan fingerprint density at radius 3 is 3.23 bits per heavy atom. The standard InChI is InChI=1S/C8H7ClN2O2/c1-4-7(12)11-6-2-5(9)3-10-8(6)13-4/h2-4H,1H3,(H,11,12). The van der Waals surface area contributed by atoms with Gasteiger partial charge in [-0.25, -0.2) is 4.98 Å². The summed E-state index contributed by atoms with van der Waals surface area (Å²) in [5.74, 6) is 0.230. The number of nitrogens with one attached hydrogen (secondary N) is 1. The highest BCUT2D eigenvalue weighted by atomic mass is 35.5. The number of halogens is 1. The van der Waals surface area contributed by atoms with Crippen LogP contribution in [-0.2, 0) is 4.79 Å². The topological polar surface area (TPSA) is 51.2 Å². The predicted octanol–water partition coefficient (Wildman–Crippen LogP) is 1.45. The van der Waals surface area contributed by atoms with Crippen LogP contribution in [0.25, 0.3) is 0 Å². The SMILES string of the molecule is CC1Oc2ncc(Cl)cc2NC1=O. The molecule has 1 aromatic rings. The van der Waals surface area contributed by atoms with Gasteiger partial charge in [-0.3, -0.25) is 4.79 Å². The summed E-state index contributed by atoms with van der Waals surface area (Å²) in [5, 5.41) is 3.11. The highest BCUT2D eigenvalue weighted by Gasteiger charge is 2.24.